The molecule has 0 fully saturated rings. The van der Waals surface area contributed by atoms with E-state index >= 15 is 0 Å². The topological polar surface area (TPSA) is 55.6 Å². The summed E-state index contributed by atoms with van der Waals surface area (Å²) in [6, 6.07) is 13.5. The third kappa shape index (κ3) is 3.42. The van der Waals surface area contributed by atoms with Crippen LogP contribution in [0.1, 0.15) is 5.56 Å². The molecule has 0 aromatic heterocycles. The normalized spacial score (nSPS) is 10.1. The van der Waals surface area contributed by atoms with Gasteiger partial charge in [-0.1, -0.05) is 35.9 Å². The number of anilines is 1. The molecule has 0 aliphatic carbocycles. The van der Waals surface area contributed by atoms with Gasteiger partial charge in [0.05, 0.1) is 10.7 Å². The first kappa shape index (κ1) is 14.2. The number of primary amides is 1. The van der Waals surface area contributed by atoms with E-state index in [-0.39, 0.29) is 6.73 Å². The van der Waals surface area contributed by atoms with E-state index in [0.717, 1.165) is 5.56 Å². The molecule has 0 spiro atoms. The molecule has 2 N–H and O–H groups in total. The first-order chi connectivity index (χ1) is 9.58. The summed E-state index contributed by atoms with van der Waals surface area (Å²) >= 11 is 6.05. The first-order valence-electron chi connectivity index (χ1n) is 5.94. The van der Waals surface area contributed by atoms with Gasteiger partial charge in [0.25, 0.3) is 0 Å². The van der Waals surface area contributed by atoms with Crippen molar-refractivity contribution < 1.29 is 9.53 Å². The number of hydrogen-bond acceptors (Lipinski definition) is 2. The van der Waals surface area contributed by atoms with Crippen molar-refractivity contribution in [3.8, 4) is 5.75 Å². The molecule has 2 amide bonds. The fraction of sp³-hybridized carbons (Fsp3) is 0.0667. The molecule has 0 bridgehead atoms. The van der Waals surface area contributed by atoms with Crippen molar-refractivity contribution in [2.75, 3.05) is 11.6 Å². The van der Waals surface area contributed by atoms with E-state index < -0.39 is 6.03 Å². The number of halogens is 1. The molecule has 2 rings (SSSR count). The second kappa shape index (κ2) is 6.30. The van der Waals surface area contributed by atoms with Crippen LogP contribution in [-0.2, 0) is 0 Å². The van der Waals surface area contributed by atoms with Crippen molar-refractivity contribution in [3.63, 3.8) is 0 Å². The molecular weight excluding hydrogens is 276 g/mol. The van der Waals surface area contributed by atoms with Crippen LogP contribution in [-0.4, -0.2) is 12.8 Å². The largest absolute Gasteiger partial charge is 0.473 e. The van der Waals surface area contributed by atoms with Crippen LogP contribution >= 0.6 is 11.6 Å². The summed E-state index contributed by atoms with van der Waals surface area (Å²) in [7, 11) is 0. The SMILES string of the molecule is [CH2]c1ccc(OCN(C(N)=O)c2ccccc2Cl)cc1. The number of amides is 2. The lowest BCUT2D eigenvalue weighted by Crippen LogP contribution is -2.38. The van der Waals surface area contributed by atoms with E-state index in [4.69, 9.17) is 22.1 Å². The van der Waals surface area contributed by atoms with Crippen molar-refractivity contribution in [1.29, 1.82) is 0 Å². The number of ether oxygens (including phenoxy) is 1. The molecular formula is C15H14ClN2O2. The Bertz CT molecular complexity index is 599. The second-order valence-corrected chi connectivity index (χ2v) is 4.54. The summed E-state index contributed by atoms with van der Waals surface area (Å²) in [6.45, 7) is 3.77. The van der Waals surface area contributed by atoms with Gasteiger partial charge in [-0.2, -0.15) is 0 Å². The Morgan fingerprint density at radius 3 is 2.45 bits per heavy atom. The minimum atomic E-state index is -0.633. The minimum absolute atomic E-state index is 0.0183. The summed E-state index contributed by atoms with van der Waals surface area (Å²) in [5.74, 6) is 0.621. The van der Waals surface area contributed by atoms with Gasteiger partial charge in [-0.15, -0.1) is 0 Å². The van der Waals surface area contributed by atoms with Crippen molar-refractivity contribution in [2.45, 2.75) is 0 Å². The fourth-order valence-electron chi connectivity index (χ4n) is 1.65. The molecule has 5 heteroatoms. The zero-order valence-corrected chi connectivity index (χ0v) is 11.5. The lowest BCUT2D eigenvalue weighted by molar-refractivity contribution is 0.243. The summed E-state index contributed by atoms with van der Waals surface area (Å²) in [5, 5.41) is 0.433. The van der Waals surface area contributed by atoms with Gasteiger partial charge in [0.1, 0.15) is 5.75 Å². The van der Waals surface area contributed by atoms with Gasteiger partial charge >= 0.3 is 6.03 Å². The Balaban J connectivity index is 2.13. The van der Waals surface area contributed by atoms with Gasteiger partial charge in [-0.3, -0.25) is 4.90 Å². The molecule has 103 valence electrons. The minimum Gasteiger partial charge on any atom is -0.473 e. The van der Waals surface area contributed by atoms with Crippen LogP contribution in [0, 0.1) is 6.92 Å². The Kier molecular flexibility index (Phi) is 4.48. The highest BCUT2D eigenvalue weighted by molar-refractivity contribution is 6.33. The van der Waals surface area contributed by atoms with Gasteiger partial charge in [0, 0.05) is 0 Å². The average Bonchev–Trinajstić information content (AvgIpc) is 2.42. The Morgan fingerprint density at radius 2 is 1.85 bits per heavy atom. The molecule has 0 saturated carbocycles. The third-order valence-electron chi connectivity index (χ3n) is 2.69. The van der Waals surface area contributed by atoms with Crippen molar-refractivity contribution in [1.82, 2.24) is 0 Å². The van der Waals surface area contributed by atoms with Crippen LogP contribution in [0.4, 0.5) is 10.5 Å². The maximum atomic E-state index is 11.5. The summed E-state index contributed by atoms with van der Waals surface area (Å²) in [5.41, 5.74) is 6.76. The van der Waals surface area contributed by atoms with E-state index in [1.54, 1.807) is 36.4 Å². The molecule has 4 nitrogen and oxygen atoms in total. The Morgan fingerprint density at radius 1 is 1.20 bits per heavy atom. The number of carbonyl (C=O) groups is 1. The molecule has 1 radical (unpaired) electrons. The highest BCUT2D eigenvalue weighted by atomic mass is 35.5. The molecule has 2 aromatic rings. The number of hydrogen-bond donors (Lipinski definition) is 1. The molecule has 0 heterocycles. The Hall–Kier alpha value is -2.20. The zero-order chi connectivity index (χ0) is 14.5. The van der Waals surface area contributed by atoms with Crippen LogP contribution < -0.4 is 15.4 Å². The number of benzene rings is 2. The maximum Gasteiger partial charge on any atom is 0.322 e. The standard InChI is InChI=1S/C15H14ClN2O2/c1-11-6-8-12(9-7-11)20-10-18(15(17)19)14-5-3-2-4-13(14)16/h2-9H,1,10H2,(H2,17,19). The van der Waals surface area contributed by atoms with Gasteiger partial charge in [0.2, 0.25) is 0 Å². The Labute approximate surface area is 122 Å². The second-order valence-electron chi connectivity index (χ2n) is 4.14. The first-order valence-corrected chi connectivity index (χ1v) is 6.32. The highest BCUT2D eigenvalue weighted by Crippen LogP contribution is 2.25. The molecule has 2 aromatic carbocycles. The summed E-state index contributed by atoms with van der Waals surface area (Å²) in [4.78, 5) is 12.8. The number of nitrogens with two attached hydrogens (primary N) is 1. The smallest absolute Gasteiger partial charge is 0.322 e. The molecule has 0 aliphatic heterocycles. The fourth-order valence-corrected chi connectivity index (χ4v) is 1.89. The molecule has 0 unspecified atom stereocenters. The van der Waals surface area contributed by atoms with E-state index in [2.05, 4.69) is 6.92 Å². The van der Waals surface area contributed by atoms with Crippen LogP contribution in [0.5, 0.6) is 5.75 Å². The van der Waals surface area contributed by atoms with E-state index in [1.807, 2.05) is 12.1 Å². The van der Waals surface area contributed by atoms with E-state index in [1.165, 1.54) is 4.90 Å². The monoisotopic (exact) mass is 289 g/mol. The van der Waals surface area contributed by atoms with Crippen LogP contribution in [0.2, 0.25) is 5.02 Å². The lowest BCUT2D eigenvalue weighted by Gasteiger charge is -2.21. The quantitative estimate of drug-likeness (QED) is 0.877. The van der Waals surface area contributed by atoms with Crippen LogP contribution in [0.3, 0.4) is 0 Å². The number of para-hydroxylation sites is 1. The van der Waals surface area contributed by atoms with Crippen LogP contribution in [0.15, 0.2) is 48.5 Å². The molecule has 0 aliphatic rings. The van der Waals surface area contributed by atoms with Gasteiger partial charge in [0.15, 0.2) is 6.73 Å². The maximum absolute atomic E-state index is 11.5. The predicted molar refractivity (Wildman–Crippen MR) is 79.9 cm³/mol. The average molecular weight is 290 g/mol. The molecule has 0 saturated heterocycles. The summed E-state index contributed by atoms with van der Waals surface area (Å²) < 4.78 is 5.53. The van der Waals surface area contributed by atoms with Crippen LogP contribution in [0.25, 0.3) is 0 Å². The number of carbonyl (C=O) groups excluding carboxylic acids is 1. The van der Waals surface area contributed by atoms with Gasteiger partial charge in [-0.25, -0.2) is 4.79 Å². The number of rotatable bonds is 4. The zero-order valence-electron chi connectivity index (χ0n) is 10.8. The predicted octanol–water partition coefficient (Wildman–Crippen LogP) is 3.44. The van der Waals surface area contributed by atoms with Crippen molar-refractivity contribution in [3.05, 3.63) is 66.0 Å². The van der Waals surface area contributed by atoms with Crippen molar-refractivity contribution in [2.24, 2.45) is 5.73 Å². The molecule has 20 heavy (non-hydrogen) atoms. The molecule has 0 atom stereocenters. The van der Waals surface area contributed by atoms with Gasteiger partial charge in [-0.05, 0) is 36.8 Å². The van der Waals surface area contributed by atoms with Crippen molar-refractivity contribution >= 4 is 23.3 Å². The highest BCUT2D eigenvalue weighted by Gasteiger charge is 2.15. The van der Waals surface area contributed by atoms with Gasteiger partial charge < -0.3 is 10.5 Å². The summed E-state index contributed by atoms with van der Waals surface area (Å²) in [6.07, 6.45) is 0. The number of urea groups is 1. The third-order valence-corrected chi connectivity index (χ3v) is 3.01. The van der Waals surface area contributed by atoms with E-state index in [0.29, 0.717) is 16.5 Å². The number of nitrogens with zero attached hydrogens (tertiary/aromatic N) is 1. The lowest BCUT2D eigenvalue weighted by atomic mass is 10.2. The van der Waals surface area contributed by atoms with E-state index in [9.17, 15) is 4.79 Å².